The Morgan fingerprint density at radius 2 is 1.75 bits per heavy atom. The normalized spacial score (nSPS) is 16.4. The monoisotopic (exact) mass is 356 g/mol. The van der Waals surface area contributed by atoms with E-state index in [-0.39, 0.29) is 63.2 Å². The number of rotatable bonds is 5. The van der Waals surface area contributed by atoms with Crippen LogP contribution < -0.4 is 61.4 Å². The van der Waals surface area contributed by atoms with Crippen LogP contribution in [0.1, 0.15) is 45.6 Å². The average molecular weight is 357 g/mol. The second-order valence-electron chi connectivity index (χ2n) is 7.45. The molecule has 1 aromatic carbocycles. The van der Waals surface area contributed by atoms with Crippen LogP contribution in [0.2, 0.25) is 0 Å². The summed E-state index contributed by atoms with van der Waals surface area (Å²) in [6.45, 7) is 11.7. The first-order valence-electron chi connectivity index (χ1n) is 8.64. The smallest absolute Gasteiger partial charge is 0.550 e. The molecule has 5 heteroatoms. The van der Waals surface area contributed by atoms with Gasteiger partial charge < -0.3 is 19.7 Å². The van der Waals surface area contributed by atoms with Crippen molar-refractivity contribution >= 4 is 11.7 Å². The summed E-state index contributed by atoms with van der Waals surface area (Å²) in [6, 6.07) is 8.92. The molecule has 0 aliphatic carbocycles. The van der Waals surface area contributed by atoms with Crippen molar-refractivity contribution in [3.8, 4) is 0 Å². The molecule has 1 aromatic rings. The van der Waals surface area contributed by atoms with E-state index in [2.05, 4.69) is 54.8 Å². The van der Waals surface area contributed by atoms with Gasteiger partial charge in [0.1, 0.15) is 0 Å². The fraction of sp³-hybridized carbons (Fsp3) is 0.632. The molecule has 0 aromatic heterocycles. The zero-order valence-electron chi connectivity index (χ0n) is 15.7. The number of carboxylic acids is 1. The maximum absolute atomic E-state index is 10.5. The van der Waals surface area contributed by atoms with Crippen LogP contribution in [0.3, 0.4) is 0 Å². The number of carbonyl (C=O) groups is 1. The minimum Gasteiger partial charge on any atom is -0.550 e. The number of carboxylic acid groups (broad SMARTS) is 1. The molecule has 1 heterocycles. The average Bonchev–Trinajstić information content (AvgIpc) is 2.72. The second kappa shape index (κ2) is 10.3. The van der Waals surface area contributed by atoms with Crippen molar-refractivity contribution in [1.82, 2.24) is 4.90 Å². The Kier molecular flexibility index (Phi) is 9.48. The topological polar surface area (TPSA) is 46.6 Å². The van der Waals surface area contributed by atoms with Crippen LogP contribution >= 0.6 is 0 Å². The first kappa shape index (κ1) is 22.1. The van der Waals surface area contributed by atoms with E-state index in [4.69, 9.17) is 0 Å². The van der Waals surface area contributed by atoms with E-state index in [1.807, 2.05) is 0 Å². The molecule has 4 nitrogen and oxygen atoms in total. The number of carbonyl (C=O) groups excluding carboxylic acids is 1. The van der Waals surface area contributed by atoms with Crippen LogP contribution in [0.4, 0.5) is 5.69 Å². The van der Waals surface area contributed by atoms with Gasteiger partial charge in [-0.05, 0) is 55.5 Å². The van der Waals surface area contributed by atoms with Gasteiger partial charge in [-0.2, -0.15) is 0 Å². The third-order valence-electron chi connectivity index (χ3n) is 4.54. The summed E-state index contributed by atoms with van der Waals surface area (Å²) in [5, 5.41) is 10.5. The molecule has 1 fully saturated rings. The number of hydrogen-bond donors (Lipinski definition) is 0. The van der Waals surface area contributed by atoms with E-state index < -0.39 is 5.97 Å². The maximum atomic E-state index is 10.5. The SMILES string of the molecule is CC(C)(C)c1ccc(N2CCCN(CCCC(=O)[O-])CC2)cc1.[K+]. The van der Waals surface area contributed by atoms with Crippen LogP contribution in [0.5, 0.6) is 0 Å². The number of benzene rings is 1. The Balaban J connectivity index is 0.00000288. The molecular formula is C19H29KN2O2. The van der Waals surface area contributed by atoms with Gasteiger partial charge in [-0.25, -0.2) is 0 Å². The molecule has 1 aliphatic rings. The molecule has 0 bridgehead atoms. The predicted molar refractivity (Wildman–Crippen MR) is 92.7 cm³/mol. The van der Waals surface area contributed by atoms with Crippen molar-refractivity contribution < 1.29 is 61.3 Å². The Morgan fingerprint density at radius 3 is 2.33 bits per heavy atom. The zero-order chi connectivity index (χ0) is 16.9. The van der Waals surface area contributed by atoms with Gasteiger partial charge in [0, 0.05) is 31.3 Å². The summed E-state index contributed by atoms with van der Waals surface area (Å²) >= 11 is 0. The standard InChI is InChI=1S/C19H30N2O2.K/c1-19(2,3)16-7-9-17(10-8-16)21-13-5-12-20(14-15-21)11-4-6-18(22)23;/h7-10H,4-6,11-15H2,1-3H3,(H,22,23);/q;+1/p-1. The molecule has 0 saturated carbocycles. The van der Waals surface area contributed by atoms with Crippen LogP contribution in [0, 0.1) is 0 Å². The Morgan fingerprint density at radius 1 is 1.08 bits per heavy atom. The summed E-state index contributed by atoms with van der Waals surface area (Å²) in [6.07, 6.45) is 1.96. The summed E-state index contributed by atoms with van der Waals surface area (Å²) in [5.74, 6) is -0.944. The minimum atomic E-state index is -0.944. The molecule has 24 heavy (non-hydrogen) atoms. The fourth-order valence-corrected chi connectivity index (χ4v) is 3.07. The van der Waals surface area contributed by atoms with Crippen LogP contribution in [0.25, 0.3) is 0 Å². The van der Waals surface area contributed by atoms with Gasteiger partial charge in [0.25, 0.3) is 0 Å². The molecule has 2 rings (SSSR count). The van der Waals surface area contributed by atoms with Gasteiger partial charge in [0.2, 0.25) is 0 Å². The third-order valence-corrected chi connectivity index (χ3v) is 4.54. The molecule has 0 spiro atoms. The fourth-order valence-electron chi connectivity index (χ4n) is 3.07. The summed E-state index contributed by atoms with van der Waals surface area (Å²) in [5.41, 5.74) is 2.84. The van der Waals surface area contributed by atoms with E-state index in [1.165, 1.54) is 11.3 Å². The minimum absolute atomic E-state index is 0. The maximum Gasteiger partial charge on any atom is 1.00 e. The third kappa shape index (κ3) is 7.14. The van der Waals surface area contributed by atoms with E-state index >= 15 is 0 Å². The van der Waals surface area contributed by atoms with Crippen LogP contribution in [-0.2, 0) is 10.2 Å². The van der Waals surface area contributed by atoms with E-state index in [9.17, 15) is 9.90 Å². The van der Waals surface area contributed by atoms with Gasteiger partial charge in [-0.1, -0.05) is 32.9 Å². The summed E-state index contributed by atoms with van der Waals surface area (Å²) < 4.78 is 0. The summed E-state index contributed by atoms with van der Waals surface area (Å²) in [4.78, 5) is 15.3. The van der Waals surface area contributed by atoms with Crippen molar-refractivity contribution in [2.45, 2.75) is 45.4 Å². The van der Waals surface area contributed by atoms with Gasteiger partial charge in [0.15, 0.2) is 0 Å². The molecule has 1 aliphatic heterocycles. The van der Waals surface area contributed by atoms with Crippen molar-refractivity contribution in [1.29, 1.82) is 0 Å². The molecule has 0 N–H and O–H groups in total. The molecular weight excluding hydrogens is 327 g/mol. The Hall–Kier alpha value is 0.0864. The van der Waals surface area contributed by atoms with E-state index in [0.717, 1.165) is 39.1 Å². The van der Waals surface area contributed by atoms with Crippen molar-refractivity contribution in [3.05, 3.63) is 29.8 Å². The number of anilines is 1. The van der Waals surface area contributed by atoms with Crippen LogP contribution in [0.15, 0.2) is 24.3 Å². The van der Waals surface area contributed by atoms with E-state index in [1.54, 1.807) is 0 Å². The van der Waals surface area contributed by atoms with Crippen molar-refractivity contribution in [2.24, 2.45) is 0 Å². The molecule has 0 amide bonds. The number of aliphatic carboxylic acids is 1. The van der Waals surface area contributed by atoms with Gasteiger partial charge >= 0.3 is 51.4 Å². The Labute approximate surface area is 189 Å². The van der Waals surface area contributed by atoms with Crippen molar-refractivity contribution in [3.63, 3.8) is 0 Å². The predicted octanol–water partition coefficient (Wildman–Crippen LogP) is -0.970. The Bertz CT molecular complexity index is 511. The number of hydrogen-bond acceptors (Lipinski definition) is 4. The van der Waals surface area contributed by atoms with E-state index in [0.29, 0.717) is 6.42 Å². The first-order chi connectivity index (χ1) is 10.9. The van der Waals surface area contributed by atoms with Crippen LogP contribution in [-0.4, -0.2) is 43.6 Å². The zero-order valence-corrected chi connectivity index (χ0v) is 18.8. The quantitative estimate of drug-likeness (QED) is 0.637. The van der Waals surface area contributed by atoms with Gasteiger partial charge in [0.05, 0.1) is 0 Å². The first-order valence-corrected chi connectivity index (χ1v) is 8.64. The molecule has 128 valence electrons. The second-order valence-corrected chi connectivity index (χ2v) is 7.45. The largest absolute Gasteiger partial charge is 1.00 e. The molecule has 0 unspecified atom stereocenters. The molecule has 1 saturated heterocycles. The molecule has 0 radical (unpaired) electrons. The van der Waals surface area contributed by atoms with Crippen molar-refractivity contribution in [2.75, 3.05) is 37.6 Å². The van der Waals surface area contributed by atoms with Gasteiger partial charge in [-0.15, -0.1) is 0 Å². The molecule has 0 atom stereocenters. The van der Waals surface area contributed by atoms with Gasteiger partial charge in [-0.3, -0.25) is 0 Å². The number of nitrogens with zero attached hydrogens (tertiary/aromatic N) is 2. The summed E-state index contributed by atoms with van der Waals surface area (Å²) in [7, 11) is 0.